The fourth-order valence-corrected chi connectivity index (χ4v) is 2.38. The molecule has 0 spiro atoms. The van der Waals surface area contributed by atoms with Crippen LogP contribution in [0.2, 0.25) is 0 Å². The number of nitrogens with one attached hydrogen (secondary N) is 1. The van der Waals surface area contributed by atoms with Crippen molar-refractivity contribution < 1.29 is 14.2 Å². The Morgan fingerprint density at radius 1 is 0.964 bits per heavy atom. The van der Waals surface area contributed by atoms with E-state index in [1.807, 2.05) is 6.07 Å². The number of nitriles is 2. The fraction of sp³-hybridized carbons (Fsp3) is 0.222. The van der Waals surface area contributed by atoms with Crippen molar-refractivity contribution in [1.29, 1.82) is 10.5 Å². The second-order valence-electron chi connectivity index (χ2n) is 5.91. The van der Waals surface area contributed by atoms with E-state index in [4.69, 9.17) is 10.5 Å². The van der Waals surface area contributed by atoms with Crippen molar-refractivity contribution in [3.05, 3.63) is 73.6 Å². The van der Waals surface area contributed by atoms with Crippen LogP contribution in [0.25, 0.3) is 0 Å². The largest absolute Gasteiger partial charge is 0.377 e. The molecule has 2 aromatic carbocycles. The number of hydrogen-bond acceptors (Lipinski definition) is 7. The Balaban J connectivity index is 0.000000209. The molecule has 0 amide bonds. The third-order valence-electron chi connectivity index (χ3n) is 4.06. The highest BCUT2D eigenvalue weighted by atomic mass is 19.1. The first-order valence-corrected chi connectivity index (χ1v) is 8.14. The molecular formula is C18H14FN5O4. The zero-order valence-corrected chi connectivity index (χ0v) is 14.5. The van der Waals surface area contributed by atoms with E-state index in [9.17, 15) is 24.6 Å². The van der Waals surface area contributed by atoms with Crippen molar-refractivity contribution in [3.63, 3.8) is 0 Å². The second kappa shape index (κ2) is 9.05. The van der Waals surface area contributed by atoms with Gasteiger partial charge in [-0.05, 0) is 43.5 Å². The summed E-state index contributed by atoms with van der Waals surface area (Å²) in [5, 5.41) is 41.1. The number of nitro benzene ring substituents is 2. The van der Waals surface area contributed by atoms with Gasteiger partial charge in [-0.15, -0.1) is 0 Å². The number of halogens is 1. The third-order valence-corrected chi connectivity index (χ3v) is 4.06. The normalized spacial score (nSPS) is 12.4. The minimum atomic E-state index is -0.987. The molecule has 0 heterocycles. The number of nitro groups is 2. The molecule has 1 N–H and O–H groups in total. The van der Waals surface area contributed by atoms with Crippen LogP contribution in [-0.4, -0.2) is 15.9 Å². The van der Waals surface area contributed by atoms with Crippen LogP contribution in [0, 0.1) is 48.7 Å². The lowest BCUT2D eigenvalue weighted by atomic mass is 9.93. The van der Waals surface area contributed by atoms with Gasteiger partial charge in [-0.25, -0.2) is 0 Å². The monoisotopic (exact) mass is 383 g/mol. The van der Waals surface area contributed by atoms with E-state index < -0.39 is 21.4 Å². The van der Waals surface area contributed by atoms with Gasteiger partial charge in [0.1, 0.15) is 5.69 Å². The average molecular weight is 383 g/mol. The summed E-state index contributed by atoms with van der Waals surface area (Å²) in [4.78, 5) is 19.6. The van der Waals surface area contributed by atoms with Crippen LogP contribution in [0.1, 0.15) is 30.4 Å². The quantitative estimate of drug-likeness (QED) is 0.619. The molecular weight excluding hydrogens is 369 g/mol. The minimum absolute atomic E-state index is 0.0332. The van der Waals surface area contributed by atoms with E-state index in [1.54, 1.807) is 6.07 Å². The zero-order chi connectivity index (χ0) is 20.7. The molecule has 142 valence electrons. The van der Waals surface area contributed by atoms with Crippen molar-refractivity contribution in [2.75, 3.05) is 5.32 Å². The molecule has 0 aliphatic heterocycles. The molecule has 0 saturated heterocycles. The number of hydrogen-bond donors (Lipinski definition) is 1. The molecule has 9 nitrogen and oxygen atoms in total. The number of anilines is 1. The van der Waals surface area contributed by atoms with E-state index in [2.05, 4.69) is 5.32 Å². The number of rotatable bonds is 4. The maximum Gasteiger partial charge on any atom is 0.304 e. The van der Waals surface area contributed by atoms with Gasteiger partial charge in [-0.2, -0.15) is 14.9 Å². The summed E-state index contributed by atoms with van der Waals surface area (Å²) in [7, 11) is 0. The smallest absolute Gasteiger partial charge is 0.304 e. The van der Waals surface area contributed by atoms with Gasteiger partial charge < -0.3 is 5.32 Å². The van der Waals surface area contributed by atoms with Crippen LogP contribution in [0.3, 0.4) is 0 Å². The van der Waals surface area contributed by atoms with Gasteiger partial charge in [0.15, 0.2) is 0 Å². The third kappa shape index (κ3) is 4.99. The summed E-state index contributed by atoms with van der Waals surface area (Å²) in [6, 6.07) is 11.3. The number of nitrogens with zero attached hydrogens (tertiary/aromatic N) is 4. The summed E-state index contributed by atoms with van der Waals surface area (Å²) in [5.74, 6) is -0.987. The maximum atomic E-state index is 12.7. The van der Waals surface area contributed by atoms with Gasteiger partial charge in [-0.3, -0.25) is 20.2 Å². The zero-order valence-electron chi connectivity index (χ0n) is 14.5. The van der Waals surface area contributed by atoms with Gasteiger partial charge in [0.25, 0.3) is 5.69 Å². The summed E-state index contributed by atoms with van der Waals surface area (Å²) in [6.07, 6.45) is 3.23. The van der Waals surface area contributed by atoms with Crippen LogP contribution in [-0.2, 0) is 0 Å². The Bertz CT molecular complexity index is 992. The second-order valence-corrected chi connectivity index (χ2v) is 5.91. The topological polar surface area (TPSA) is 146 Å². The minimum Gasteiger partial charge on any atom is -0.377 e. The molecule has 1 aliphatic rings. The van der Waals surface area contributed by atoms with Crippen molar-refractivity contribution >= 4 is 17.1 Å². The molecule has 1 aliphatic carbocycles. The van der Waals surface area contributed by atoms with Crippen LogP contribution < -0.4 is 5.32 Å². The summed E-state index contributed by atoms with van der Waals surface area (Å²) in [6.45, 7) is 0. The first-order valence-electron chi connectivity index (χ1n) is 8.14. The highest BCUT2D eigenvalue weighted by molar-refractivity contribution is 5.64. The van der Waals surface area contributed by atoms with Crippen molar-refractivity contribution in [2.45, 2.75) is 25.3 Å². The summed E-state index contributed by atoms with van der Waals surface area (Å²) in [5.41, 5.74) is 0.374. The Morgan fingerprint density at radius 2 is 1.50 bits per heavy atom. The molecule has 28 heavy (non-hydrogen) atoms. The predicted octanol–water partition coefficient (Wildman–Crippen LogP) is 4.04. The first-order chi connectivity index (χ1) is 13.3. The predicted molar refractivity (Wildman–Crippen MR) is 96.8 cm³/mol. The van der Waals surface area contributed by atoms with Gasteiger partial charge in [0.2, 0.25) is 5.82 Å². The number of benzene rings is 2. The molecule has 10 heteroatoms. The standard InChI is InChI=1S/C11H11N3O2.C7H3FN2O2/c12-7-8-4-5-11(14(15)16)10(6-8)13-9-2-1-3-9;8-6-3-5(4-9)1-2-7(6)10(11)12/h4-6,9,13H,1-3H2;1-3H. The van der Waals surface area contributed by atoms with E-state index in [0.29, 0.717) is 17.3 Å². The highest BCUT2D eigenvalue weighted by Gasteiger charge is 2.21. The Kier molecular flexibility index (Phi) is 6.55. The summed E-state index contributed by atoms with van der Waals surface area (Å²) < 4.78 is 12.7. The van der Waals surface area contributed by atoms with E-state index in [1.165, 1.54) is 24.3 Å². The Morgan fingerprint density at radius 3 is 1.93 bits per heavy atom. The SMILES string of the molecule is N#Cc1ccc([N+](=O)[O-])c(F)c1.N#Cc1ccc([N+](=O)[O-])c(NC2CCC2)c1. The average Bonchev–Trinajstić information content (AvgIpc) is 2.64. The molecule has 0 unspecified atom stereocenters. The van der Waals surface area contributed by atoms with Crippen molar-refractivity contribution in [1.82, 2.24) is 0 Å². The van der Waals surface area contributed by atoms with E-state index >= 15 is 0 Å². The molecule has 0 aromatic heterocycles. The van der Waals surface area contributed by atoms with Gasteiger partial charge in [0, 0.05) is 18.2 Å². The maximum absolute atomic E-state index is 12.7. The molecule has 1 saturated carbocycles. The van der Waals surface area contributed by atoms with Crippen LogP contribution in [0.15, 0.2) is 36.4 Å². The molecule has 0 bridgehead atoms. The lowest BCUT2D eigenvalue weighted by molar-refractivity contribution is -0.387. The van der Waals surface area contributed by atoms with E-state index in [0.717, 1.165) is 31.4 Å². The van der Waals surface area contributed by atoms with Gasteiger partial charge in [-0.1, -0.05) is 0 Å². The van der Waals surface area contributed by atoms with Crippen molar-refractivity contribution in [2.24, 2.45) is 0 Å². The molecule has 3 rings (SSSR count). The fourth-order valence-electron chi connectivity index (χ4n) is 2.38. The molecule has 0 atom stereocenters. The molecule has 1 fully saturated rings. The van der Waals surface area contributed by atoms with Crippen molar-refractivity contribution in [3.8, 4) is 12.1 Å². The van der Waals surface area contributed by atoms with Gasteiger partial charge >= 0.3 is 5.69 Å². The van der Waals surface area contributed by atoms with Crippen LogP contribution in [0.5, 0.6) is 0 Å². The highest BCUT2D eigenvalue weighted by Crippen LogP contribution is 2.30. The molecule has 2 aromatic rings. The molecule has 0 radical (unpaired) electrons. The summed E-state index contributed by atoms with van der Waals surface area (Å²) >= 11 is 0. The Labute approximate surface area is 158 Å². The van der Waals surface area contributed by atoms with Crippen LogP contribution in [0.4, 0.5) is 21.5 Å². The first kappa shape index (κ1) is 20.3. The lowest BCUT2D eigenvalue weighted by Crippen LogP contribution is -2.27. The van der Waals surface area contributed by atoms with Crippen LogP contribution >= 0.6 is 0 Å². The van der Waals surface area contributed by atoms with E-state index in [-0.39, 0.29) is 11.3 Å². The van der Waals surface area contributed by atoms with Gasteiger partial charge in [0.05, 0.1) is 33.1 Å². The Hall–Kier alpha value is -4.05. The lowest BCUT2D eigenvalue weighted by Gasteiger charge is -2.27.